The molecular weight excluding hydrogens is 367 g/mol. The van der Waals surface area contributed by atoms with Crippen LogP contribution in [0.3, 0.4) is 0 Å². The Labute approximate surface area is 113 Å². The third kappa shape index (κ3) is 2.94. The van der Waals surface area contributed by atoms with Gasteiger partial charge < -0.3 is 4.74 Å². The average Bonchev–Trinajstić information content (AvgIpc) is 2.19. The lowest BCUT2D eigenvalue weighted by atomic mass is 9.96. The minimum Gasteiger partial charge on any atom is -0.369 e. The highest BCUT2D eigenvalue weighted by Gasteiger charge is 2.23. The topological polar surface area (TPSA) is 9.23 Å². The van der Waals surface area contributed by atoms with E-state index in [0.717, 1.165) is 8.90 Å². The summed E-state index contributed by atoms with van der Waals surface area (Å²) in [4.78, 5) is 0. The number of alkyl halides is 1. The van der Waals surface area contributed by atoms with Crippen molar-refractivity contribution in [2.75, 3.05) is 4.43 Å². The SMILES string of the molecule is Brc1ccccc1C(CI)OC1CCC1. The number of ether oxygens (including phenoxy) is 1. The molecular formula is C12H14BrIO. The van der Waals surface area contributed by atoms with E-state index in [2.05, 4.69) is 56.7 Å². The van der Waals surface area contributed by atoms with Gasteiger partial charge in [0.15, 0.2) is 0 Å². The van der Waals surface area contributed by atoms with Crippen molar-refractivity contribution in [1.29, 1.82) is 0 Å². The normalized spacial score (nSPS) is 18.5. The maximum absolute atomic E-state index is 6.06. The van der Waals surface area contributed by atoms with Crippen LogP contribution >= 0.6 is 38.5 Å². The molecule has 0 saturated heterocycles. The first kappa shape index (κ1) is 11.9. The maximum atomic E-state index is 6.06. The van der Waals surface area contributed by atoms with Crippen molar-refractivity contribution in [3.63, 3.8) is 0 Å². The number of benzene rings is 1. The molecule has 1 aromatic rings. The zero-order chi connectivity index (χ0) is 10.7. The minimum absolute atomic E-state index is 0.242. The van der Waals surface area contributed by atoms with Gasteiger partial charge in [-0.05, 0) is 30.9 Å². The molecule has 2 rings (SSSR count). The molecule has 1 fully saturated rings. The Morgan fingerprint density at radius 1 is 1.40 bits per heavy atom. The lowest BCUT2D eigenvalue weighted by molar-refractivity contribution is -0.0414. The highest BCUT2D eigenvalue weighted by atomic mass is 127. The Morgan fingerprint density at radius 3 is 2.67 bits per heavy atom. The van der Waals surface area contributed by atoms with E-state index in [0.29, 0.717) is 6.10 Å². The molecule has 1 aliphatic carbocycles. The average molecular weight is 381 g/mol. The molecule has 0 radical (unpaired) electrons. The summed E-state index contributed by atoms with van der Waals surface area (Å²) >= 11 is 5.98. The molecule has 1 nitrogen and oxygen atoms in total. The van der Waals surface area contributed by atoms with E-state index >= 15 is 0 Å². The van der Waals surface area contributed by atoms with Gasteiger partial charge in [-0.3, -0.25) is 0 Å². The van der Waals surface area contributed by atoms with E-state index < -0.39 is 0 Å². The van der Waals surface area contributed by atoms with E-state index in [1.54, 1.807) is 0 Å². The van der Waals surface area contributed by atoms with Crippen LogP contribution in [-0.4, -0.2) is 10.5 Å². The molecule has 82 valence electrons. The van der Waals surface area contributed by atoms with Gasteiger partial charge in [0.05, 0.1) is 12.2 Å². The molecule has 1 unspecified atom stereocenters. The Morgan fingerprint density at radius 2 is 2.13 bits per heavy atom. The van der Waals surface area contributed by atoms with Crippen LogP contribution in [0.15, 0.2) is 28.7 Å². The van der Waals surface area contributed by atoms with E-state index in [1.165, 1.54) is 24.8 Å². The van der Waals surface area contributed by atoms with Gasteiger partial charge in [-0.25, -0.2) is 0 Å². The fourth-order valence-electron chi connectivity index (χ4n) is 1.67. The van der Waals surface area contributed by atoms with Crippen LogP contribution in [0, 0.1) is 0 Å². The number of hydrogen-bond donors (Lipinski definition) is 0. The van der Waals surface area contributed by atoms with Gasteiger partial charge in [0.25, 0.3) is 0 Å². The summed E-state index contributed by atoms with van der Waals surface area (Å²) in [6.45, 7) is 0. The first-order valence-electron chi connectivity index (χ1n) is 5.27. The smallest absolute Gasteiger partial charge is 0.0928 e. The monoisotopic (exact) mass is 380 g/mol. The quantitative estimate of drug-likeness (QED) is 0.552. The van der Waals surface area contributed by atoms with Crippen LogP contribution in [0.2, 0.25) is 0 Å². The minimum atomic E-state index is 0.242. The van der Waals surface area contributed by atoms with Crippen molar-refractivity contribution in [3.8, 4) is 0 Å². The van der Waals surface area contributed by atoms with Gasteiger partial charge in [-0.2, -0.15) is 0 Å². The van der Waals surface area contributed by atoms with Crippen molar-refractivity contribution >= 4 is 38.5 Å². The molecule has 0 heterocycles. The second kappa shape index (κ2) is 5.64. The molecule has 1 aromatic carbocycles. The summed E-state index contributed by atoms with van der Waals surface area (Å²) in [7, 11) is 0. The van der Waals surface area contributed by atoms with E-state index in [9.17, 15) is 0 Å². The molecule has 15 heavy (non-hydrogen) atoms. The fourth-order valence-corrected chi connectivity index (χ4v) is 2.89. The van der Waals surface area contributed by atoms with Crippen LogP contribution in [0.25, 0.3) is 0 Å². The highest BCUT2D eigenvalue weighted by molar-refractivity contribution is 14.1. The standard InChI is InChI=1S/C12H14BrIO/c13-11-7-2-1-6-10(11)12(8-14)15-9-4-3-5-9/h1-2,6-7,9,12H,3-5,8H2. The lowest BCUT2D eigenvalue weighted by Gasteiger charge is -2.30. The lowest BCUT2D eigenvalue weighted by Crippen LogP contribution is -2.24. The van der Waals surface area contributed by atoms with Crippen LogP contribution in [0.1, 0.15) is 30.9 Å². The first-order valence-corrected chi connectivity index (χ1v) is 7.59. The van der Waals surface area contributed by atoms with Crippen LogP contribution in [0.4, 0.5) is 0 Å². The predicted octanol–water partition coefficient (Wildman–Crippen LogP) is 4.49. The zero-order valence-electron chi connectivity index (χ0n) is 8.46. The summed E-state index contributed by atoms with van der Waals surface area (Å²) in [6.07, 6.45) is 4.53. The third-order valence-electron chi connectivity index (χ3n) is 2.80. The number of hydrogen-bond acceptors (Lipinski definition) is 1. The van der Waals surface area contributed by atoms with Crippen LogP contribution in [0.5, 0.6) is 0 Å². The zero-order valence-corrected chi connectivity index (χ0v) is 12.2. The Kier molecular flexibility index (Phi) is 4.46. The van der Waals surface area contributed by atoms with Gasteiger partial charge in [0.1, 0.15) is 0 Å². The summed E-state index contributed by atoms with van der Waals surface area (Å²) in [5.74, 6) is 0. The van der Waals surface area contributed by atoms with E-state index in [4.69, 9.17) is 4.74 Å². The summed E-state index contributed by atoms with van der Waals surface area (Å²) in [6, 6.07) is 8.34. The van der Waals surface area contributed by atoms with Gasteiger partial charge in [-0.15, -0.1) is 0 Å². The van der Waals surface area contributed by atoms with Crippen LogP contribution < -0.4 is 0 Å². The van der Waals surface area contributed by atoms with Gasteiger partial charge >= 0.3 is 0 Å². The van der Waals surface area contributed by atoms with Crippen molar-refractivity contribution in [2.24, 2.45) is 0 Å². The first-order chi connectivity index (χ1) is 7.31. The molecule has 0 spiro atoms. The van der Waals surface area contributed by atoms with Gasteiger partial charge in [-0.1, -0.05) is 56.7 Å². The Balaban J connectivity index is 2.07. The number of rotatable bonds is 4. The fraction of sp³-hybridized carbons (Fsp3) is 0.500. The maximum Gasteiger partial charge on any atom is 0.0928 e. The van der Waals surface area contributed by atoms with Crippen molar-refractivity contribution in [3.05, 3.63) is 34.3 Å². The molecule has 0 aromatic heterocycles. The second-order valence-corrected chi connectivity index (χ2v) is 5.59. The molecule has 1 aliphatic rings. The van der Waals surface area contributed by atoms with Crippen molar-refractivity contribution in [2.45, 2.75) is 31.5 Å². The predicted molar refractivity (Wildman–Crippen MR) is 74.5 cm³/mol. The van der Waals surface area contributed by atoms with E-state index in [-0.39, 0.29) is 6.10 Å². The Hall–Kier alpha value is 0.390. The second-order valence-electron chi connectivity index (χ2n) is 3.85. The molecule has 0 N–H and O–H groups in total. The number of halogens is 2. The summed E-state index contributed by atoms with van der Waals surface area (Å²) < 4.78 is 8.23. The third-order valence-corrected chi connectivity index (χ3v) is 4.32. The highest BCUT2D eigenvalue weighted by Crippen LogP contribution is 2.33. The van der Waals surface area contributed by atoms with Crippen molar-refractivity contribution < 1.29 is 4.74 Å². The largest absolute Gasteiger partial charge is 0.369 e. The molecule has 3 heteroatoms. The van der Waals surface area contributed by atoms with Gasteiger partial charge in [0, 0.05) is 8.90 Å². The molecule has 1 saturated carbocycles. The molecule has 0 amide bonds. The van der Waals surface area contributed by atoms with Crippen molar-refractivity contribution in [1.82, 2.24) is 0 Å². The van der Waals surface area contributed by atoms with Crippen LogP contribution in [-0.2, 0) is 4.74 Å². The molecule has 0 aliphatic heterocycles. The Bertz CT molecular complexity index is 325. The molecule has 1 atom stereocenters. The van der Waals surface area contributed by atoms with Gasteiger partial charge in [0.2, 0.25) is 0 Å². The summed E-state index contributed by atoms with van der Waals surface area (Å²) in [5, 5.41) is 0. The molecule has 0 bridgehead atoms. The van der Waals surface area contributed by atoms with E-state index in [1.807, 2.05) is 6.07 Å². The summed E-state index contributed by atoms with van der Waals surface area (Å²) in [5.41, 5.74) is 1.28.